The zero-order valence-electron chi connectivity index (χ0n) is 9.86. The second-order valence-corrected chi connectivity index (χ2v) is 4.16. The Hall–Kier alpha value is -1.07. The van der Waals surface area contributed by atoms with Crippen LogP contribution in [0.3, 0.4) is 0 Å². The van der Waals surface area contributed by atoms with Gasteiger partial charge in [0.05, 0.1) is 0 Å². The van der Waals surface area contributed by atoms with Crippen molar-refractivity contribution in [2.75, 3.05) is 19.6 Å². The Bertz CT molecular complexity index is 361. The Balaban J connectivity index is 0.00000144. The van der Waals surface area contributed by atoms with E-state index in [-0.39, 0.29) is 18.3 Å². The van der Waals surface area contributed by atoms with Crippen molar-refractivity contribution in [2.45, 2.75) is 19.8 Å². The van der Waals surface area contributed by atoms with Crippen LogP contribution in [0.4, 0.5) is 0 Å². The summed E-state index contributed by atoms with van der Waals surface area (Å²) >= 11 is 0. The summed E-state index contributed by atoms with van der Waals surface area (Å²) in [6, 6.07) is 0. The molecule has 5 nitrogen and oxygen atoms in total. The highest BCUT2D eigenvalue weighted by Gasteiger charge is 2.16. The number of hydrogen-bond acceptors (Lipinski definition) is 4. The largest absolute Gasteiger partial charge is 0.448 e. The molecule has 2 N–H and O–H groups in total. The summed E-state index contributed by atoms with van der Waals surface area (Å²) in [5, 5.41) is 6.17. The molecule has 96 valence electrons. The number of aryl methyl sites for hydroxylation is 1. The van der Waals surface area contributed by atoms with Crippen LogP contribution in [-0.4, -0.2) is 30.5 Å². The SMILES string of the molecule is Cc1ocnc1C(=O)NCCC1CCNC1.Cl. The van der Waals surface area contributed by atoms with E-state index in [1.807, 2.05) is 0 Å². The number of rotatable bonds is 4. The smallest absolute Gasteiger partial charge is 0.273 e. The maximum Gasteiger partial charge on any atom is 0.273 e. The Morgan fingerprint density at radius 2 is 2.53 bits per heavy atom. The minimum atomic E-state index is -0.141. The second kappa shape index (κ2) is 6.61. The van der Waals surface area contributed by atoms with E-state index in [1.54, 1.807) is 6.92 Å². The third kappa shape index (κ3) is 3.71. The average Bonchev–Trinajstić information content (AvgIpc) is 2.88. The van der Waals surface area contributed by atoms with Crippen LogP contribution in [0.25, 0.3) is 0 Å². The molecule has 1 aliphatic rings. The zero-order chi connectivity index (χ0) is 11.4. The van der Waals surface area contributed by atoms with Crippen LogP contribution >= 0.6 is 12.4 Å². The van der Waals surface area contributed by atoms with Gasteiger partial charge < -0.3 is 15.1 Å². The van der Waals surface area contributed by atoms with Gasteiger partial charge in [-0.15, -0.1) is 12.4 Å². The summed E-state index contributed by atoms with van der Waals surface area (Å²) in [6.45, 7) is 4.61. The minimum absolute atomic E-state index is 0. The molecule has 0 spiro atoms. The van der Waals surface area contributed by atoms with Crippen LogP contribution in [0.5, 0.6) is 0 Å². The van der Waals surface area contributed by atoms with E-state index in [9.17, 15) is 4.79 Å². The van der Waals surface area contributed by atoms with Crippen molar-refractivity contribution in [3.63, 3.8) is 0 Å². The number of aromatic nitrogens is 1. The molecule has 2 heterocycles. The summed E-state index contributed by atoms with van der Waals surface area (Å²) in [5.41, 5.74) is 0.393. The number of halogens is 1. The molecule has 0 aliphatic carbocycles. The molecule has 0 saturated carbocycles. The fourth-order valence-corrected chi connectivity index (χ4v) is 1.96. The lowest BCUT2D eigenvalue weighted by Crippen LogP contribution is -2.27. The van der Waals surface area contributed by atoms with Gasteiger partial charge in [0.25, 0.3) is 5.91 Å². The van der Waals surface area contributed by atoms with Gasteiger partial charge in [0.1, 0.15) is 5.76 Å². The van der Waals surface area contributed by atoms with E-state index in [2.05, 4.69) is 15.6 Å². The van der Waals surface area contributed by atoms with Crippen LogP contribution in [-0.2, 0) is 0 Å². The molecule has 0 aromatic carbocycles. The molecule has 1 aliphatic heterocycles. The van der Waals surface area contributed by atoms with Gasteiger partial charge in [0.15, 0.2) is 12.1 Å². The van der Waals surface area contributed by atoms with Crippen LogP contribution in [0, 0.1) is 12.8 Å². The molecule has 6 heteroatoms. The van der Waals surface area contributed by atoms with Crippen molar-refractivity contribution >= 4 is 18.3 Å². The predicted molar refractivity (Wildman–Crippen MR) is 66.4 cm³/mol. The maximum atomic E-state index is 11.7. The molecule has 1 fully saturated rings. The molecule has 1 atom stereocenters. The highest BCUT2D eigenvalue weighted by molar-refractivity contribution is 5.92. The molecule has 0 bridgehead atoms. The third-order valence-electron chi connectivity index (χ3n) is 2.96. The number of hydrogen-bond donors (Lipinski definition) is 2. The van der Waals surface area contributed by atoms with Crippen LogP contribution in [0.2, 0.25) is 0 Å². The molecule has 1 aromatic heterocycles. The Kier molecular flexibility index (Phi) is 5.44. The van der Waals surface area contributed by atoms with Gasteiger partial charge in [-0.25, -0.2) is 4.98 Å². The van der Waals surface area contributed by atoms with E-state index < -0.39 is 0 Å². The van der Waals surface area contributed by atoms with Crippen molar-refractivity contribution in [2.24, 2.45) is 5.92 Å². The maximum absolute atomic E-state index is 11.7. The quantitative estimate of drug-likeness (QED) is 0.851. The summed E-state index contributed by atoms with van der Waals surface area (Å²) in [6.07, 6.45) is 3.53. The Labute approximate surface area is 107 Å². The number of carbonyl (C=O) groups excluding carboxylic acids is 1. The topological polar surface area (TPSA) is 67.2 Å². The first-order valence-electron chi connectivity index (χ1n) is 5.66. The first-order valence-corrected chi connectivity index (χ1v) is 5.66. The molecule has 0 radical (unpaired) electrons. The van der Waals surface area contributed by atoms with Crippen molar-refractivity contribution in [3.8, 4) is 0 Å². The van der Waals surface area contributed by atoms with E-state index in [4.69, 9.17) is 4.42 Å². The van der Waals surface area contributed by atoms with Crippen molar-refractivity contribution in [1.82, 2.24) is 15.6 Å². The molecule has 1 aromatic rings. The zero-order valence-corrected chi connectivity index (χ0v) is 10.7. The van der Waals surface area contributed by atoms with Gasteiger partial charge in [-0.2, -0.15) is 0 Å². The highest BCUT2D eigenvalue weighted by atomic mass is 35.5. The van der Waals surface area contributed by atoms with Crippen LogP contribution in [0.1, 0.15) is 29.1 Å². The molecule has 1 unspecified atom stereocenters. The summed E-state index contributed by atoms with van der Waals surface area (Å²) in [4.78, 5) is 15.5. The third-order valence-corrected chi connectivity index (χ3v) is 2.96. The van der Waals surface area contributed by atoms with Crippen molar-refractivity contribution in [3.05, 3.63) is 17.8 Å². The number of amides is 1. The van der Waals surface area contributed by atoms with E-state index in [0.717, 1.165) is 19.5 Å². The number of carbonyl (C=O) groups is 1. The Morgan fingerprint density at radius 3 is 3.12 bits per heavy atom. The van der Waals surface area contributed by atoms with Gasteiger partial charge in [-0.05, 0) is 38.8 Å². The Morgan fingerprint density at radius 1 is 1.71 bits per heavy atom. The summed E-state index contributed by atoms with van der Waals surface area (Å²) in [7, 11) is 0. The molecular weight excluding hydrogens is 242 g/mol. The molecular formula is C11H18ClN3O2. The average molecular weight is 260 g/mol. The van der Waals surface area contributed by atoms with E-state index in [0.29, 0.717) is 23.9 Å². The molecule has 1 saturated heterocycles. The van der Waals surface area contributed by atoms with Crippen molar-refractivity contribution in [1.29, 1.82) is 0 Å². The van der Waals surface area contributed by atoms with Crippen LogP contribution < -0.4 is 10.6 Å². The lowest BCUT2D eigenvalue weighted by Gasteiger charge is -2.08. The van der Waals surface area contributed by atoms with Gasteiger partial charge in [0, 0.05) is 6.54 Å². The molecule has 2 rings (SSSR count). The number of nitrogens with zero attached hydrogens (tertiary/aromatic N) is 1. The standard InChI is InChI=1S/C11H17N3O2.ClH/c1-8-10(14-7-16-8)11(15)13-5-3-9-2-4-12-6-9;/h7,9,12H,2-6H2,1H3,(H,13,15);1H. The van der Waals surface area contributed by atoms with Gasteiger partial charge in [0.2, 0.25) is 0 Å². The van der Waals surface area contributed by atoms with Crippen LogP contribution in [0.15, 0.2) is 10.8 Å². The van der Waals surface area contributed by atoms with E-state index >= 15 is 0 Å². The van der Waals surface area contributed by atoms with Gasteiger partial charge in [-0.1, -0.05) is 0 Å². The first-order chi connectivity index (χ1) is 7.77. The lowest BCUT2D eigenvalue weighted by molar-refractivity contribution is 0.0946. The molecule has 17 heavy (non-hydrogen) atoms. The number of nitrogens with one attached hydrogen (secondary N) is 2. The monoisotopic (exact) mass is 259 g/mol. The van der Waals surface area contributed by atoms with Gasteiger partial charge >= 0.3 is 0 Å². The molecule has 1 amide bonds. The highest BCUT2D eigenvalue weighted by Crippen LogP contribution is 2.11. The van der Waals surface area contributed by atoms with E-state index in [1.165, 1.54) is 12.8 Å². The van der Waals surface area contributed by atoms with Gasteiger partial charge in [-0.3, -0.25) is 4.79 Å². The minimum Gasteiger partial charge on any atom is -0.448 e. The summed E-state index contributed by atoms with van der Waals surface area (Å²) < 4.78 is 4.98. The van der Waals surface area contributed by atoms with Crippen molar-refractivity contribution < 1.29 is 9.21 Å². The lowest BCUT2D eigenvalue weighted by atomic mass is 10.1. The summed E-state index contributed by atoms with van der Waals surface area (Å²) in [5.74, 6) is 1.12. The predicted octanol–water partition coefficient (Wildman–Crippen LogP) is 1.13. The first kappa shape index (κ1) is 14.0. The number of oxazole rings is 1. The normalized spacial score (nSPS) is 18.8. The fourth-order valence-electron chi connectivity index (χ4n) is 1.96. The fraction of sp³-hybridized carbons (Fsp3) is 0.636. The second-order valence-electron chi connectivity index (χ2n) is 4.16.